The molecule has 1 heterocycles. The maximum absolute atomic E-state index is 12.7. The first-order valence-corrected chi connectivity index (χ1v) is 14.4. The first-order valence-electron chi connectivity index (χ1n) is 12.8. The van der Waals surface area contributed by atoms with E-state index in [1.165, 1.54) is 18.3 Å². The van der Waals surface area contributed by atoms with E-state index >= 15 is 0 Å². The zero-order valence-corrected chi connectivity index (χ0v) is 25.5. The zero-order chi connectivity index (χ0) is 29.6. The Bertz CT molecular complexity index is 1740. The first kappa shape index (κ1) is 29.0. The molecule has 0 aliphatic heterocycles. The van der Waals surface area contributed by atoms with E-state index in [2.05, 4.69) is 78.1 Å². The third-order valence-electron chi connectivity index (χ3n) is 6.46. The average Bonchev–Trinajstić information content (AvgIpc) is 3.38. The van der Waals surface area contributed by atoms with Crippen molar-refractivity contribution in [2.45, 2.75) is 13.5 Å². The summed E-state index contributed by atoms with van der Waals surface area (Å²) >= 11 is 7.02. The molecule has 1 N–H and O–H groups in total. The smallest absolute Gasteiger partial charge is 0.271 e. The Kier molecular flexibility index (Phi) is 8.94. The lowest BCUT2D eigenvalue weighted by Crippen LogP contribution is -2.17. The molecule has 4 aromatic carbocycles. The van der Waals surface area contributed by atoms with Crippen LogP contribution >= 0.6 is 31.9 Å². The van der Waals surface area contributed by atoms with Gasteiger partial charge in [-0.25, -0.2) is 5.43 Å². The highest BCUT2D eigenvalue weighted by Gasteiger charge is 2.12. The van der Waals surface area contributed by atoms with Crippen molar-refractivity contribution >= 4 is 49.7 Å². The molecule has 0 bridgehead atoms. The lowest BCUT2D eigenvalue weighted by Gasteiger charge is -2.13. The van der Waals surface area contributed by atoms with Crippen molar-refractivity contribution in [2.75, 3.05) is 0 Å². The van der Waals surface area contributed by atoms with Gasteiger partial charge in [-0.2, -0.15) is 5.10 Å². The number of halogens is 2. The Morgan fingerprint density at radius 1 is 0.952 bits per heavy atom. The fourth-order valence-corrected chi connectivity index (χ4v) is 5.82. The molecule has 8 nitrogen and oxygen atoms in total. The summed E-state index contributed by atoms with van der Waals surface area (Å²) in [4.78, 5) is 23.1. The van der Waals surface area contributed by atoms with Crippen LogP contribution in [0.15, 0.2) is 117 Å². The second kappa shape index (κ2) is 13.0. The van der Waals surface area contributed by atoms with Crippen LogP contribution in [0.5, 0.6) is 5.75 Å². The van der Waals surface area contributed by atoms with Gasteiger partial charge in [-0.3, -0.25) is 14.9 Å². The van der Waals surface area contributed by atoms with Crippen molar-refractivity contribution in [2.24, 2.45) is 5.10 Å². The number of nitro groups is 1. The molecule has 0 aliphatic rings. The number of aromatic nitrogens is 1. The summed E-state index contributed by atoms with van der Waals surface area (Å²) < 4.78 is 9.42. The molecule has 5 aromatic rings. The fraction of sp³-hybridized carbons (Fsp3) is 0.0625. The van der Waals surface area contributed by atoms with Gasteiger partial charge >= 0.3 is 0 Å². The number of ether oxygens (including phenoxy) is 1. The van der Waals surface area contributed by atoms with Crippen LogP contribution in [0.4, 0.5) is 5.69 Å². The lowest BCUT2D eigenvalue weighted by atomic mass is 10.1. The van der Waals surface area contributed by atoms with E-state index < -0.39 is 4.92 Å². The van der Waals surface area contributed by atoms with E-state index in [0.29, 0.717) is 20.3 Å². The number of hydrogen-bond donors (Lipinski definition) is 1. The van der Waals surface area contributed by atoms with Crippen LogP contribution in [-0.4, -0.2) is 21.6 Å². The van der Waals surface area contributed by atoms with Gasteiger partial charge in [-0.15, -0.1) is 0 Å². The second-order valence-electron chi connectivity index (χ2n) is 9.33. The summed E-state index contributed by atoms with van der Waals surface area (Å²) in [6.07, 6.45) is 1.54. The molecular weight excluding hydrogens is 664 g/mol. The molecule has 5 rings (SSSR count). The third-order valence-corrected chi connectivity index (χ3v) is 7.64. The number of aryl methyl sites for hydroxylation is 1. The molecule has 1 amide bonds. The van der Waals surface area contributed by atoms with Crippen LogP contribution in [0.2, 0.25) is 0 Å². The number of carbonyl (C=O) groups excluding carboxylic acids is 1. The van der Waals surface area contributed by atoms with Gasteiger partial charge < -0.3 is 9.30 Å². The molecule has 10 heteroatoms. The van der Waals surface area contributed by atoms with Gasteiger partial charge in [-0.1, -0.05) is 30.3 Å². The van der Waals surface area contributed by atoms with E-state index in [4.69, 9.17) is 4.74 Å². The minimum absolute atomic E-state index is 0.0262. The lowest BCUT2D eigenvalue weighted by molar-refractivity contribution is -0.384. The number of rotatable bonds is 9. The minimum Gasteiger partial charge on any atom is -0.487 e. The summed E-state index contributed by atoms with van der Waals surface area (Å²) in [6.45, 7) is 2.28. The molecule has 0 fully saturated rings. The topological polar surface area (TPSA) is 98.8 Å². The van der Waals surface area contributed by atoms with Crippen molar-refractivity contribution in [3.8, 4) is 22.7 Å². The summed E-state index contributed by atoms with van der Waals surface area (Å²) in [6, 6.07) is 31.5. The molecule has 0 atom stereocenters. The quantitative estimate of drug-likeness (QED) is 0.0959. The van der Waals surface area contributed by atoms with Crippen LogP contribution in [-0.2, 0) is 6.61 Å². The Morgan fingerprint density at radius 2 is 1.62 bits per heavy atom. The molecule has 0 radical (unpaired) electrons. The van der Waals surface area contributed by atoms with E-state index in [0.717, 1.165) is 33.8 Å². The molecule has 42 heavy (non-hydrogen) atoms. The number of hydrazone groups is 1. The summed E-state index contributed by atoms with van der Waals surface area (Å²) in [5.41, 5.74) is 8.85. The molecule has 210 valence electrons. The van der Waals surface area contributed by atoms with Gasteiger partial charge in [0.05, 0.1) is 25.8 Å². The minimum atomic E-state index is -0.441. The van der Waals surface area contributed by atoms with Gasteiger partial charge in [0.1, 0.15) is 12.4 Å². The van der Waals surface area contributed by atoms with Crippen molar-refractivity contribution < 1.29 is 14.5 Å². The number of hydrogen-bond acceptors (Lipinski definition) is 5. The Labute approximate surface area is 259 Å². The predicted octanol–water partition coefficient (Wildman–Crippen LogP) is 8.23. The number of nitro benzene ring substituents is 1. The number of nitrogens with one attached hydrogen (secondary N) is 1. The number of non-ortho nitro benzene ring substituents is 1. The first-order chi connectivity index (χ1) is 20.3. The van der Waals surface area contributed by atoms with Crippen molar-refractivity contribution in [3.05, 3.63) is 145 Å². The summed E-state index contributed by atoms with van der Waals surface area (Å²) in [5, 5.41) is 15.0. The standard InChI is InChI=1S/C32H24Br2N4O4/c1-21-7-16-30(24-5-3-2-4-6-24)37(21)26-14-10-25(11-15-26)32(39)36-35-19-23-17-28(33)31(29(34)18-23)42-20-22-8-12-27(13-9-22)38(40)41/h2-19H,20H2,1H3,(H,36,39)/b35-19+. The van der Waals surface area contributed by atoms with Crippen LogP contribution in [0.25, 0.3) is 16.9 Å². The van der Waals surface area contributed by atoms with Crippen LogP contribution in [0.3, 0.4) is 0 Å². The highest BCUT2D eigenvalue weighted by Crippen LogP contribution is 2.35. The molecule has 1 aromatic heterocycles. The van der Waals surface area contributed by atoms with E-state index in [1.54, 1.807) is 24.3 Å². The van der Waals surface area contributed by atoms with Gasteiger partial charge in [0.2, 0.25) is 0 Å². The highest BCUT2D eigenvalue weighted by molar-refractivity contribution is 9.11. The van der Waals surface area contributed by atoms with Crippen LogP contribution in [0.1, 0.15) is 27.2 Å². The molecule has 0 saturated heterocycles. The Balaban J connectivity index is 1.21. The summed E-state index contributed by atoms with van der Waals surface area (Å²) in [5.74, 6) is 0.245. The van der Waals surface area contributed by atoms with E-state index in [1.807, 2.05) is 42.5 Å². The molecular formula is C32H24Br2N4O4. The zero-order valence-electron chi connectivity index (χ0n) is 22.3. The normalized spacial score (nSPS) is 11.0. The van der Waals surface area contributed by atoms with Crippen LogP contribution in [0, 0.1) is 17.0 Å². The van der Waals surface area contributed by atoms with Gasteiger partial charge in [0.15, 0.2) is 0 Å². The largest absolute Gasteiger partial charge is 0.487 e. The van der Waals surface area contributed by atoms with Crippen LogP contribution < -0.4 is 10.2 Å². The SMILES string of the molecule is Cc1ccc(-c2ccccc2)n1-c1ccc(C(=O)N/N=C/c2cc(Br)c(OCc3ccc([N+](=O)[O-])cc3)c(Br)c2)cc1. The number of benzene rings is 4. The van der Waals surface area contributed by atoms with Crippen molar-refractivity contribution in [3.63, 3.8) is 0 Å². The molecule has 0 spiro atoms. The number of amides is 1. The number of nitrogens with zero attached hydrogens (tertiary/aromatic N) is 3. The monoisotopic (exact) mass is 686 g/mol. The third kappa shape index (κ3) is 6.67. The molecule has 0 unspecified atom stereocenters. The Hall–Kier alpha value is -4.54. The second-order valence-corrected chi connectivity index (χ2v) is 11.0. The van der Waals surface area contributed by atoms with Gasteiger partial charge in [-0.05, 0) is 116 Å². The fourth-order valence-electron chi connectivity index (χ4n) is 4.37. The molecule has 0 saturated carbocycles. The maximum Gasteiger partial charge on any atom is 0.271 e. The maximum atomic E-state index is 12.7. The van der Waals surface area contributed by atoms with Crippen molar-refractivity contribution in [1.82, 2.24) is 9.99 Å². The predicted molar refractivity (Wildman–Crippen MR) is 170 cm³/mol. The molecule has 0 aliphatic carbocycles. The van der Waals surface area contributed by atoms with E-state index in [-0.39, 0.29) is 18.2 Å². The number of carbonyl (C=O) groups is 1. The van der Waals surface area contributed by atoms with E-state index in [9.17, 15) is 14.9 Å². The van der Waals surface area contributed by atoms with Gasteiger partial charge in [0, 0.05) is 29.1 Å². The summed E-state index contributed by atoms with van der Waals surface area (Å²) in [7, 11) is 0. The van der Waals surface area contributed by atoms with Crippen molar-refractivity contribution in [1.29, 1.82) is 0 Å². The van der Waals surface area contributed by atoms with Gasteiger partial charge in [0.25, 0.3) is 11.6 Å². The highest BCUT2D eigenvalue weighted by atomic mass is 79.9. The average molecular weight is 688 g/mol. The Morgan fingerprint density at radius 3 is 2.26 bits per heavy atom.